The van der Waals surface area contributed by atoms with Crippen molar-refractivity contribution in [1.29, 1.82) is 0 Å². The number of nitrogens with zero attached hydrogens (tertiary/aromatic N) is 4. The molecule has 0 amide bonds. The molecule has 0 saturated carbocycles. The van der Waals surface area contributed by atoms with Crippen LogP contribution >= 0.6 is 0 Å². The number of hydrogen-bond donors (Lipinski definition) is 1. The summed E-state index contributed by atoms with van der Waals surface area (Å²) in [6, 6.07) is 4.27. The lowest BCUT2D eigenvalue weighted by atomic mass is 10.1. The fourth-order valence-corrected chi connectivity index (χ4v) is 3.33. The van der Waals surface area contributed by atoms with Crippen LogP contribution in [0, 0.1) is 13.8 Å². The molecule has 2 heterocycles. The highest BCUT2D eigenvalue weighted by Gasteiger charge is 2.14. The molecule has 138 valence electrons. The Bertz CT molecular complexity index is 694. The van der Waals surface area contributed by atoms with Gasteiger partial charge in [0.15, 0.2) is 0 Å². The summed E-state index contributed by atoms with van der Waals surface area (Å²) >= 11 is 0. The van der Waals surface area contributed by atoms with E-state index in [9.17, 15) is 5.11 Å². The molecule has 1 aliphatic heterocycles. The van der Waals surface area contributed by atoms with E-state index in [0.717, 1.165) is 50.4 Å². The van der Waals surface area contributed by atoms with E-state index in [-0.39, 0.29) is 0 Å². The van der Waals surface area contributed by atoms with Gasteiger partial charge >= 0.3 is 0 Å². The van der Waals surface area contributed by atoms with Crippen molar-refractivity contribution in [2.75, 3.05) is 53.0 Å². The summed E-state index contributed by atoms with van der Waals surface area (Å²) in [6.45, 7) is 11.1. The predicted octanol–water partition coefficient (Wildman–Crippen LogP) is 1.28. The molecule has 1 atom stereocenters. The standard InChI is InChI=1S/C19H30N4O2/c1-15-10-18-19(11-16(15)2)23(14-20-18)13-17(24)12-21(3)4-5-22-6-8-25-9-7-22/h10-11,14,17,24H,4-9,12-13H2,1-3H3. The Morgan fingerprint density at radius 3 is 2.72 bits per heavy atom. The van der Waals surface area contributed by atoms with Gasteiger partial charge in [0, 0.05) is 32.7 Å². The lowest BCUT2D eigenvalue weighted by Crippen LogP contribution is -2.42. The Balaban J connectivity index is 1.51. The molecular weight excluding hydrogens is 316 g/mol. The highest BCUT2D eigenvalue weighted by atomic mass is 16.5. The Morgan fingerprint density at radius 1 is 1.24 bits per heavy atom. The summed E-state index contributed by atoms with van der Waals surface area (Å²) in [5.41, 5.74) is 4.60. The van der Waals surface area contributed by atoms with Crippen LogP contribution in [0.1, 0.15) is 11.1 Å². The quantitative estimate of drug-likeness (QED) is 0.818. The van der Waals surface area contributed by atoms with Crippen LogP contribution in [0.5, 0.6) is 0 Å². The predicted molar refractivity (Wildman–Crippen MR) is 100.0 cm³/mol. The SMILES string of the molecule is Cc1cc2ncn(CC(O)CN(C)CCN3CCOCC3)c2cc1C. The van der Waals surface area contributed by atoms with E-state index >= 15 is 0 Å². The lowest BCUT2D eigenvalue weighted by Gasteiger charge is -2.29. The second kappa shape index (κ2) is 8.27. The number of ether oxygens (including phenoxy) is 1. The number of aliphatic hydroxyl groups excluding tert-OH is 1. The first-order valence-electron chi connectivity index (χ1n) is 9.11. The average molecular weight is 346 g/mol. The van der Waals surface area contributed by atoms with Gasteiger partial charge in [-0.15, -0.1) is 0 Å². The number of morpholine rings is 1. The molecule has 6 heteroatoms. The van der Waals surface area contributed by atoms with Crippen molar-refractivity contribution < 1.29 is 9.84 Å². The smallest absolute Gasteiger partial charge is 0.0959 e. The number of benzene rings is 1. The number of fused-ring (bicyclic) bond motifs is 1. The van der Waals surface area contributed by atoms with Gasteiger partial charge in [0.25, 0.3) is 0 Å². The van der Waals surface area contributed by atoms with Crippen molar-refractivity contribution in [3.05, 3.63) is 29.6 Å². The van der Waals surface area contributed by atoms with E-state index in [0.29, 0.717) is 13.1 Å². The number of aromatic nitrogens is 2. The van der Waals surface area contributed by atoms with Crippen LogP contribution in [-0.2, 0) is 11.3 Å². The van der Waals surface area contributed by atoms with Gasteiger partial charge in [-0.3, -0.25) is 4.90 Å². The summed E-state index contributed by atoms with van der Waals surface area (Å²) < 4.78 is 7.43. The number of aryl methyl sites for hydroxylation is 2. The average Bonchev–Trinajstić information content (AvgIpc) is 2.96. The maximum absolute atomic E-state index is 10.5. The monoisotopic (exact) mass is 346 g/mol. The van der Waals surface area contributed by atoms with Crippen LogP contribution in [0.15, 0.2) is 18.5 Å². The van der Waals surface area contributed by atoms with E-state index in [4.69, 9.17) is 4.74 Å². The third-order valence-electron chi connectivity index (χ3n) is 5.07. The molecule has 1 saturated heterocycles. The van der Waals surface area contributed by atoms with Crippen molar-refractivity contribution in [3.8, 4) is 0 Å². The zero-order chi connectivity index (χ0) is 17.8. The number of aliphatic hydroxyl groups is 1. The number of rotatable bonds is 7. The van der Waals surface area contributed by atoms with Gasteiger partial charge in [-0.25, -0.2) is 4.98 Å². The van der Waals surface area contributed by atoms with Crippen LogP contribution in [0.3, 0.4) is 0 Å². The first-order chi connectivity index (χ1) is 12.0. The minimum Gasteiger partial charge on any atom is -0.390 e. The van der Waals surface area contributed by atoms with E-state index in [1.807, 2.05) is 6.33 Å². The lowest BCUT2D eigenvalue weighted by molar-refractivity contribution is 0.0315. The van der Waals surface area contributed by atoms with Crippen molar-refractivity contribution >= 4 is 11.0 Å². The molecule has 0 spiro atoms. The van der Waals surface area contributed by atoms with E-state index in [1.54, 1.807) is 0 Å². The van der Waals surface area contributed by atoms with Gasteiger partial charge in [0.1, 0.15) is 0 Å². The van der Waals surface area contributed by atoms with Crippen molar-refractivity contribution in [3.63, 3.8) is 0 Å². The molecule has 6 nitrogen and oxygen atoms in total. The number of likely N-dealkylation sites (N-methyl/N-ethyl adjacent to an activating group) is 1. The Hall–Kier alpha value is -1.47. The maximum atomic E-state index is 10.5. The fraction of sp³-hybridized carbons (Fsp3) is 0.632. The van der Waals surface area contributed by atoms with Gasteiger partial charge in [0.05, 0.1) is 43.2 Å². The number of hydrogen-bond acceptors (Lipinski definition) is 5. The van der Waals surface area contributed by atoms with E-state index < -0.39 is 6.10 Å². The molecule has 0 radical (unpaired) electrons. The molecule has 1 N–H and O–H groups in total. The van der Waals surface area contributed by atoms with Crippen LogP contribution in [-0.4, -0.2) is 83.5 Å². The van der Waals surface area contributed by atoms with Gasteiger partial charge in [-0.1, -0.05) is 0 Å². The van der Waals surface area contributed by atoms with Gasteiger partial charge in [0.2, 0.25) is 0 Å². The second-order valence-electron chi connectivity index (χ2n) is 7.19. The summed E-state index contributed by atoms with van der Waals surface area (Å²) in [4.78, 5) is 9.09. The molecule has 1 unspecified atom stereocenters. The highest BCUT2D eigenvalue weighted by molar-refractivity contribution is 5.77. The normalized spacial score (nSPS) is 17.5. The molecule has 2 aromatic rings. The zero-order valence-corrected chi connectivity index (χ0v) is 15.6. The number of imidazole rings is 1. The molecule has 1 aliphatic rings. The Kier molecular flexibility index (Phi) is 6.06. The largest absolute Gasteiger partial charge is 0.390 e. The summed E-state index contributed by atoms with van der Waals surface area (Å²) in [5.74, 6) is 0. The Morgan fingerprint density at radius 2 is 1.96 bits per heavy atom. The molecule has 0 bridgehead atoms. The van der Waals surface area contributed by atoms with E-state index in [1.165, 1.54) is 11.1 Å². The topological polar surface area (TPSA) is 53.8 Å². The summed E-state index contributed by atoms with van der Waals surface area (Å²) in [7, 11) is 2.07. The maximum Gasteiger partial charge on any atom is 0.0959 e. The van der Waals surface area contributed by atoms with Crippen LogP contribution in [0.4, 0.5) is 0 Å². The first kappa shape index (κ1) is 18.3. The van der Waals surface area contributed by atoms with Crippen LogP contribution in [0.25, 0.3) is 11.0 Å². The van der Waals surface area contributed by atoms with E-state index in [2.05, 4.69) is 52.4 Å². The third kappa shape index (κ3) is 4.79. The zero-order valence-electron chi connectivity index (χ0n) is 15.6. The molecule has 1 aromatic heterocycles. The molecule has 1 aromatic carbocycles. The molecule has 0 aliphatic carbocycles. The van der Waals surface area contributed by atoms with Gasteiger partial charge in [-0.2, -0.15) is 0 Å². The first-order valence-corrected chi connectivity index (χ1v) is 9.11. The molecule has 1 fully saturated rings. The molecule has 3 rings (SSSR count). The van der Waals surface area contributed by atoms with Crippen LogP contribution < -0.4 is 0 Å². The summed E-state index contributed by atoms with van der Waals surface area (Å²) in [6.07, 6.45) is 1.43. The van der Waals surface area contributed by atoms with Crippen molar-refractivity contribution in [2.45, 2.75) is 26.5 Å². The van der Waals surface area contributed by atoms with Crippen molar-refractivity contribution in [1.82, 2.24) is 19.4 Å². The Labute approximate surface area is 150 Å². The molecular formula is C19H30N4O2. The van der Waals surface area contributed by atoms with Crippen LogP contribution in [0.2, 0.25) is 0 Å². The third-order valence-corrected chi connectivity index (χ3v) is 5.07. The second-order valence-corrected chi connectivity index (χ2v) is 7.19. The fourth-order valence-electron chi connectivity index (χ4n) is 3.33. The van der Waals surface area contributed by atoms with Gasteiger partial charge < -0.3 is 19.3 Å². The highest BCUT2D eigenvalue weighted by Crippen LogP contribution is 2.18. The minimum atomic E-state index is -0.409. The summed E-state index contributed by atoms with van der Waals surface area (Å²) in [5, 5.41) is 10.5. The van der Waals surface area contributed by atoms with Crippen molar-refractivity contribution in [2.24, 2.45) is 0 Å². The molecule has 25 heavy (non-hydrogen) atoms. The van der Waals surface area contributed by atoms with Gasteiger partial charge in [-0.05, 0) is 44.2 Å². The minimum absolute atomic E-state index is 0.409.